The molecule has 0 radical (unpaired) electrons. The molecule has 1 aromatic heterocycles. The maximum absolute atomic E-state index is 5.62. The van der Waals surface area contributed by atoms with Crippen LogP contribution in [-0.2, 0) is 6.54 Å². The molecule has 1 aliphatic carbocycles. The predicted molar refractivity (Wildman–Crippen MR) is 77.3 cm³/mol. The highest BCUT2D eigenvalue weighted by atomic mass is 16.4. The van der Waals surface area contributed by atoms with Gasteiger partial charge in [0.25, 0.3) is 0 Å². The Morgan fingerprint density at radius 3 is 2.75 bits per heavy atom. The number of hydrogen-bond donors (Lipinski definition) is 2. The molecular formula is C15H20N4O. The first-order chi connectivity index (χ1) is 9.85. The molecule has 3 rings (SSSR count). The second kappa shape index (κ2) is 6.05. The van der Waals surface area contributed by atoms with E-state index in [-0.39, 0.29) is 6.04 Å². The number of hydrogen-bond acceptors (Lipinski definition) is 5. The molecule has 0 bridgehead atoms. The molecule has 1 fully saturated rings. The minimum atomic E-state index is 0.195. The van der Waals surface area contributed by atoms with Crippen molar-refractivity contribution in [2.45, 2.75) is 44.8 Å². The molecule has 0 spiro atoms. The average molecular weight is 272 g/mol. The lowest BCUT2D eigenvalue weighted by atomic mass is 10.1. The van der Waals surface area contributed by atoms with E-state index >= 15 is 0 Å². The summed E-state index contributed by atoms with van der Waals surface area (Å²) in [5.74, 6) is 0.641. The molecule has 5 nitrogen and oxygen atoms in total. The largest absolute Gasteiger partial charge is 0.407 e. The van der Waals surface area contributed by atoms with Crippen molar-refractivity contribution in [3.63, 3.8) is 0 Å². The fraction of sp³-hybridized carbons (Fsp3) is 0.467. The highest BCUT2D eigenvalue weighted by Crippen LogP contribution is 2.22. The van der Waals surface area contributed by atoms with Crippen LogP contribution in [0.1, 0.15) is 43.7 Å². The molecule has 1 unspecified atom stereocenters. The molecule has 2 N–H and O–H groups in total. The summed E-state index contributed by atoms with van der Waals surface area (Å²) >= 11 is 0. The van der Waals surface area contributed by atoms with E-state index in [4.69, 9.17) is 4.42 Å². The van der Waals surface area contributed by atoms with Gasteiger partial charge in [-0.25, -0.2) is 0 Å². The van der Waals surface area contributed by atoms with Gasteiger partial charge >= 0.3 is 6.01 Å². The Labute approximate surface area is 118 Å². The van der Waals surface area contributed by atoms with Crippen molar-refractivity contribution in [1.29, 1.82) is 0 Å². The van der Waals surface area contributed by atoms with E-state index in [1.807, 2.05) is 18.2 Å². The third kappa shape index (κ3) is 3.36. The van der Waals surface area contributed by atoms with E-state index in [1.54, 1.807) is 0 Å². The van der Waals surface area contributed by atoms with E-state index < -0.39 is 0 Å². The van der Waals surface area contributed by atoms with Gasteiger partial charge in [0, 0.05) is 6.04 Å². The summed E-state index contributed by atoms with van der Waals surface area (Å²) < 4.78 is 5.62. The second-order valence-corrected chi connectivity index (χ2v) is 5.17. The molecule has 5 heteroatoms. The van der Waals surface area contributed by atoms with Crippen molar-refractivity contribution < 1.29 is 4.42 Å². The van der Waals surface area contributed by atoms with Crippen LogP contribution in [0.3, 0.4) is 0 Å². The van der Waals surface area contributed by atoms with E-state index in [0.717, 1.165) is 6.42 Å². The maximum atomic E-state index is 5.62. The summed E-state index contributed by atoms with van der Waals surface area (Å²) in [6.45, 7) is 2.79. The first kappa shape index (κ1) is 13.1. The van der Waals surface area contributed by atoms with Crippen LogP contribution in [0.4, 0.5) is 6.01 Å². The van der Waals surface area contributed by atoms with Crippen LogP contribution >= 0.6 is 0 Å². The summed E-state index contributed by atoms with van der Waals surface area (Å²) in [5.41, 5.74) is 1.23. The molecule has 0 saturated heterocycles. The monoisotopic (exact) mass is 272 g/mol. The van der Waals surface area contributed by atoms with E-state index in [0.29, 0.717) is 24.5 Å². The summed E-state index contributed by atoms with van der Waals surface area (Å²) in [6, 6.07) is 11.6. The van der Waals surface area contributed by atoms with Crippen molar-refractivity contribution in [1.82, 2.24) is 15.5 Å². The second-order valence-electron chi connectivity index (χ2n) is 5.17. The summed E-state index contributed by atoms with van der Waals surface area (Å²) in [4.78, 5) is 0. The molecule has 0 amide bonds. The van der Waals surface area contributed by atoms with Crippen LogP contribution in [0.2, 0.25) is 0 Å². The zero-order valence-corrected chi connectivity index (χ0v) is 11.7. The molecule has 1 aliphatic rings. The minimum Gasteiger partial charge on any atom is -0.407 e. The van der Waals surface area contributed by atoms with Crippen molar-refractivity contribution in [2.75, 3.05) is 5.32 Å². The molecule has 2 aromatic rings. The number of anilines is 1. The maximum Gasteiger partial charge on any atom is 0.315 e. The average Bonchev–Trinajstić information content (AvgIpc) is 3.22. The molecule has 1 saturated carbocycles. The van der Waals surface area contributed by atoms with Crippen molar-refractivity contribution in [2.24, 2.45) is 0 Å². The van der Waals surface area contributed by atoms with Crippen molar-refractivity contribution in [3.05, 3.63) is 41.8 Å². The lowest BCUT2D eigenvalue weighted by Gasteiger charge is -2.15. The minimum absolute atomic E-state index is 0.195. The zero-order chi connectivity index (χ0) is 13.8. The van der Waals surface area contributed by atoms with Crippen molar-refractivity contribution in [3.8, 4) is 0 Å². The smallest absolute Gasteiger partial charge is 0.315 e. The number of rotatable bonds is 7. The number of nitrogens with one attached hydrogen (secondary N) is 2. The fourth-order valence-corrected chi connectivity index (χ4v) is 2.16. The van der Waals surface area contributed by atoms with Gasteiger partial charge in [-0.1, -0.05) is 42.4 Å². The Morgan fingerprint density at radius 1 is 1.25 bits per heavy atom. The number of benzene rings is 1. The molecule has 106 valence electrons. The van der Waals surface area contributed by atoms with Crippen LogP contribution in [0.25, 0.3) is 0 Å². The van der Waals surface area contributed by atoms with Crippen LogP contribution in [0, 0.1) is 0 Å². The molecule has 1 aromatic carbocycles. The first-order valence-corrected chi connectivity index (χ1v) is 7.22. The van der Waals surface area contributed by atoms with E-state index in [1.165, 1.54) is 18.4 Å². The topological polar surface area (TPSA) is 63.0 Å². The van der Waals surface area contributed by atoms with Crippen LogP contribution < -0.4 is 10.6 Å². The highest BCUT2D eigenvalue weighted by Gasteiger charge is 2.21. The quantitative estimate of drug-likeness (QED) is 0.811. The highest BCUT2D eigenvalue weighted by molar-refractivity contribution is 5.28. The van der Waals surface area contributed by atoms with Crippen LogP contribution in [-0.4, -0.2) is 16.2 Å². The van der Waals surface area contributed by atoms with Crippen LogP contribution in [0.15, 0.2) is 34.7 Å². The van der Waals surface area contributed by atoms with Gasteiger partial charge in [0.05, 0.1) is 12.6 Å². The number of aromatic nitrogens is 2. The Kier molecular flexibility index (Phi) is 3.97. The molecule has 1 atom stereocenters. The predicted octanol–water partition coefficient (Wildman–Crippen LogP) is 2.88. The first-order valence-electron chi connectivity index (χ1n) is 7.22. The van der Waals surface area contributed by atoms with Gasteiger partial charge in [-0.2, -0.15) is 0 Å². The SMILES string of the molecule is CCC(Nc1nnc(CNC2CC2)o1)c1ccccc1. The van der Waals surface area contributed by atoms with E-state index in [9.17, 15) is 0 Å². The summed E-state index contributed by atoms with van der Waals surface area (Å²) in [7, 11) is 0. The molecule has 1 heterocycles. The zero-order valence-electron chi connectivity index (χ0n) is 11.7. The van der Waals surface area contributed by atoms with Gasteiger partial charge in [0.15, 0.2) is 0 Å². The lowest BCUT2D eigenvalue weighted by molar-refractivity contribution is 0.471. The third-order valence-corrected chi connectivity index (χ3v) is 3.49. The van der Waals surface area contributed by atoms with Gasteiger partial charge in [-0.3, -0.25) is 0 Å². The van der Waals surface area contributed by atoms with Crippen molar-refractivity contribution >= 4 is 6.01 Å². The lowest BCUT2D eigenvalue weighted by Crippen LogP contribution is -2.15. The molecule has 20 heavy (non-hydrogen) atoms. The fourth-order valence-electron chi connectivity index (χ4n) is 2.16. The van der Waals surface area contributed by atoms with Gasteiger partial charge < -0.3 is 15.1 Å². The van der Waals surface area contributed by atoms with Crippen LogP contribution in [0.5, 0.6) is 0 Å². The Bertz CT molecular complexity index is 536. The molecular weight excluding hydrogens is 252 g/mol. The summed E-state index contributed by atoms with van der Waals surface area (Å²) in [5, 5.41) is 14.8. The van der Waals surface area contributed by atoms with Gasteiger partial charge in [0.2, 0.25) is 5.89 Å². The van der Waals surface area contributed by atoms with E-state index in [2.05, 4.69) is 39.9 Å². The van der Waals surface area contributed by atoms with Gasteiger partial charge in [-0.05, 0) is 24.8 Å². The Morgan fingerprint density at radius 2 is 2.05 bits per heavy atom. The van der Waals surface area contributed by atoms with Gasteiger partial charge in [0.1, 0.15) is 0 Å². The number of nitrogens with zero attached hydrogens (tertiary/aromatic N) is 2. The molecule has 0 aliphatic heterocycles. The Hall–Kier alpha value is -1.88. The summed E-state index contributed by atoms with van der Waals surface area (Å²) in [6.07, 6.45) is 3.47. The van der Waals surface area contributed by atoms with Gasteiger partial charge in [-0.15, -0.1) is 5.10 Å². The standard InChI is InChI=1S/C15H20N4O/c1-2-13(11-6-4-3-5-7-11)17-15-19-18-14(20-15)10-16-12-8-9-12/h3-7,12-13,16H,2,8-10H2,1H3,(H,17,19). The normalized spacial score (nSPS) is 16.1. The Balaban J connectivity index is 1.60. The third-order valence-electron chi connectivity index (χ3n) is 3.49.